The van der Waals surface area contributed by atoms with Crippen molar-refractivity contribution in [1.29, 1.82) is 0 Å². The van der Waals surface area contributed by atoms with E-state index in [9.17, 15) is 0 Å². The van der Waals surface area contributed by atoms with Crippen molar-refractivity contribution in [2.75, 3.05) is 12.3 Å². The van der Waals surface area contributed by atoms with Gasteiger partial charge in [-0.25, -0.2) is 15.0 Å². The first-order valence-electron chi connectivity index (χ1n) is 4.52. The Kier molecular flexibility index (Phi) is 1.45. The Balaban J connectivity index is 2.36. The van der Waals surface area contributed by atoms with Gasteiger partial charge in [0.15, 0.2) is 17.0 Å². The number of aromatic nitrogens is 4. The van der Waals surface area contributed by atoms with Crippen LogP contribution in [-0.4, -0.2) is 26.1 Å². The third-order valence-corrected chi connectivity index (χ3v) is 2.43. The lowest BCUT2D eigenvalue weighted by Crippen LogP contribution is -2.28. The highest BCUT2D eigenvalue weighted by Crippen LogP contribution is 2.18. The molecule has 0 aliphatic carbocycles. The second-order valence-corrected chi connectivity index (χ2v) is 3.29. The standard InChI is InChI=1S/C8H10N6/c9-7-6-8(12-4-11-7)14-2-1-10-3-5(14)13-6/h4,10H,1-3H2,(H2,9,11,12). The number of nitrogens with one attached hydrogen (secondary N) is 1. The molecule has 0 saturated carbocycles. The Morgan fingerprint density at radius 2 is 2.36 bits per heavy atom. The number of hydrogen-bond acceptors (Lipinski definition) is 5. The van der Waals surface area contributed by atoms with Crippen molar-refractivity contribution in [3.05, 3.63) is 12.2 Å². The summed E-state index contributed by atoms with van der Waals surface area (Å²) in [6.45, 7) is 2.61. The van der Waals surface area contributed by atoms with Gasteiger partial charge in [0.25, 0.3) is 0 Å². The molecule has 0 atom stereocenters. The van der Waals surface area contributed by atoms with Crippen molar-refractivity contribution in [3.63, 3.8) is 0 Å². The lowest BCUT2D eigenvalue weighted by atomic mass is 10.4. The normalized spacial score (nSPS) is 15.7. The fraction of sp³-hybridized carbons (Fsp3) is 0.375. The van der Waals surface area contributed by atoms with Crippen LogP contribution in [0.1, 0.15) is 5.82 Å². The predicted octanol–water partition coefficient (Wildman–Crippen LogP) is -0.488. The van der Waals surface area contributed by atoms with Gasteiger partial charge in [-0.15, -0.1) is 0 Å². The molecule has 3 N–H and O–H groups in total. The second kappa shape index (κ2) is 2.65. The monoisotopic (exact) mass is 190 g/mol. The van der Waals surface area contributed by atoms with E-state index in [4.69, 9.17) is 5.73 Å². The maximum Gasteiger partial charge on any atom is 0.165 e. The zero-order valence-electron chi connectivity index (χ0n) is 7.56. The number of nitrogens with zero attached hydrogens (tertiary/aromatic N) is 4. The lowest BCUT2D eigenvalue weighted by Gasteiger charge is -2.14. The summed E-state index contributed by atoms with van der Waals surface area (Å²) in [5.74, 6) is 1.44. The predicted molar refractivity (Wildman–Crippen MR) is 51.4 cm³/mol. The minimum Gasteiger partial charge on any atom is -0.382 e. The van der Waals surface area contributed by atoms with E-state index in [2.05, 4.69) is 24.8 Å². The fourth-order valence-corrected chi connectivity index (χ4v) is 1.76. The molecule has 3 rings (SSSR count). The summed E-state index contributed by atoms with van der Waals surface area (Å²) in [6.07, 6.45) is 1.48. The minimum atomic E-state index is 0.455. The summed E-state index contributed by atoms with van der Waals surface area (Å²) in [5, 5.41) is 3.25. The minimum absolute atomic E-state index is 0.455. The van der Waals surface area contributed by atoms with Crippen molar-refractivity contribution < 1.29 is 0 Å². The van der Waals surface area contributed by atoms with E-state index in [-0.39, 0.29) is 0 Å². The number of fused-ring (bicyclic) bond motifs is 3. The molecule has 72 valence electrons. The molecule has 0 bridgehead atoms. The number of nitrogen functional groups attached to an aromatic ring is 1. The van der Waals surface area contributed by atoms with Crippen molar-refractivity contribution in [2.24, 2.45) is 0 Å². The van der Waals surface area contributed by atoms with Crippen LogP contribution in [0.2, 0.25) is 0 Å². The summed E-state index contributed by atoms with van der Waals surface area (Å²) in [7, 11) is 0. The fourth-order valence-electron chi connectivity index (χ4n) is 1.76. The Morgan fingerprint density at radius 3 is 3.29 bits per heavy atom. The van der Waals surface area contributed by atoms with Crippen molar-refractivity contribution >= 4 is 17.0 Å². The van der Waals surface area contributed by atoms with Gasteiger partial charge >= 0.3 is 0 Å². The number of rotatable bonds is 0. The van der Waals surface area contributed by atoms with E-state index in [0.717, 1.165) is 31.1 Å². The van der Waals surface area contributed by atoms with E-state index < -0.39 is 0 Å². The van der Waals surface area contributed by atoms with Crippen LogP contribution < -0.4 is 11.1 Å². The SMILES string of the molecule is Nc1ncnc2c1nc1n2CCNC1. The molecule has 0 unspecified atom stereocenters. The third kappa shape index (κ3) is 0.912. The highest BCUT2D eigenvalue weighted by molar-refractivity contribution is 5.81. The van der Waals surface area contributed by atoms with Crippen LogP contribution >= 0.6 is 0 Å². The van der Waals surface area contributed by atoms with E-state index in [1.54, 1.807) is 0 Å². The van der Waals surface area contributed by atoms with Crippen LogP contribution in [0.4, 0.5) is 5.82 Å². The van der Waals surface area contributed by atoms with Crippen molar-refractivity contribution in [1.82, 2.24) is 24.8 Å². The summed E-state index contributed by atoms with van der Waals surface area (Å²) in [5.41, 5.74) is 7.28. The molecule has 0 fully saturated rings. The van der Waals surface area contributed by atoms with Gasteiger partial charge in [-0.05, 0) is 0 Å². The molecule has 6 nitrogen and oxygen atoms in total. The Labute approximate surface area is 80.2 Å². The van der Waals surface area contributed by atoms with Gasteiger partial charge in [-0.3, -0.25) is 0 Å². The molecule has 0 radical (unpaired) electrons. The van der Waals surface area contributed by atoms with E-state index in [0.29, 0.717) is 11.3 Å². The average molecular weight is 190 g/mol. The molecule has 2 aromatic heterocycles. The maximum atomic E-state index is 5.72. The number of imidazole rings is 1. The Hall–Kier alpha value is -1.69. The second-order valence-electron chi connectivity index (χ2n) is 3.29. The summed E-state index contributed by atoms with van der Waals surface area (Å²) < 4.78 is 2.09. The number of hydrogen-bond donors (Lipinski definition) is 2. The summed E-state index contributed by atoms with van der Waals surface area (Å²) >= 11 is 0. The Morgan fingerprint density at radius 1 is 1.43 bits per heavy atom. The van der Waals surface area contributed by atoms with Crippen molar-refractivity contribution in [3.8, 4) is 0 Å². The molecular formula is C8H10N6. The quantitative estimate of drug-likeness (QED) is 0.586. The first-order chi connectivity index (χ1) is 6.86. The molecule has 14 heavy (non-hydrogen) atoms. The molecule has 1 aliphatic rings. The average Bonchev–Trinajstić information content (AvgIpc) is 2.59. The van der Waals surface area contributed by atoms with E-state index >= 15 is 0 Å². The van der Waals surface area contributed by atoms with E-state index in [1.807, 2.05) is 0 Å². The van der Waals surface area contributed by atoms with Gasteiger partial charge in [0.05, 0.1) is 6.54 Å². The van der Waals surface area contributed by atoms with Gasteiger partial charge in [-0.2, -0.15) is 0 Å². The van der Waals surface area contributed by atoms with Gasteiger partial charge in [0.1, 0.15) is 12.2 Å². The van der Waals surface area contributed by atoms with Crippen LogP contribution in [0.25, 0.3) is 11.2 Å². The van der Waals surface area contributed by atoms with Gasteiger partial charge in [0, 0.05) is 13.1 Å². The first-order valence-corrected chi connectivity index (χ1v) is 4.52. The Bertz CT molecular complexity index is 488. The van der Waals surface area contributed by atoms with Crippen LogP contribution in [-0.2, 0) is 13.1 Å². The van der Waals surface area contributed by atoms with Gasteiger partial charge in [0.2, 0.25) is 0 Å². The lowest BCUT2D eigenvalue weighted by molar-refractivity contribution is 0.512. The van der Waals surface area contributed by atoms with Crippen LogP contribution in [0.5, 0.6) is 0 Å². The van der Waals surface area contributed by atoms with Crippen LogP contribution in [0.3, 0.4) is 0 Å². The molecule has 0 spiro atoms. The highest BCUT2D eigenvalue weighted by Gasteiger charge is 2.16. The first kappa shape index (κ1) is 7.69. The molecule has 0 saturated heterocycles. The topological polar surface area (TPSA) is 81.7 Å². The molecule has 0 aromatic carbocycles. The molecule has 2 aromatic rings. The van der Waals surface area contributed by atoms with Crippen LogP contribution in [0, 0.1) is 0 Å². The largest absolute Gasteiger partial charge is 0.382 e. The van der Waals surface area contributed by atoms with Gasteiger partial charge in [-0.1, -0.05) is 0 Å². The molecule has 0 amide bonds. The zero-order chi connectivity index (χ0) is 9.54. The molecule has 1 aliphatic heterocycles. The molecule has 6 heteroatoms. The van der Waals surface area contributed by atoms with Crippen LogP contribution in [0.15, 0.2) is 6.33 Å². The molecule has 3 heterocycles. The van der Waals surface area contributed by atoms with Crippen molar-refractivity contribution in [2.45, 2.75) is 13.1 Å². The summed E-state index contributed by atoms with van der Waals surface area (Å²) in [6, 6.07) is 0. The smallest absolute Gasteiger partial charge is 0.165 e. The third-order valence-electron chi connectivity index (χ3n) is 2.43. The van der Waals surface area contributed by atoms with Gasteiger partial charge < -0.3 is 15.6 Å². The van der Waals surface area contributed by atoms with E-state index in [1.165, 1.54) is 6.33 Å². The summed E-state index contributed by atoms with van der Waals surface area (Å²) in [4.78, 5) is 12.5. The number of nitrogens with two attached hydrogens (primary N) is 1. The molecular weight excluding hydrogens is 180 g/mol. The number of anilines is 1. The zero-order valence-corrected chi connectivity index (χ0v) is 7.56. The maximum absolute atomic E-state index is 5.72. The highest BCUT2D eigenvalue weighted by atomic mass is 15.2.